The van der Waals surface area contributed by atoms with Crippen LogP contribution in [0.5, 0.6) is 0 Å². The summed E-state index contributed by atoms with van der Waals surface area (Å²) in [6, 6.07) is 7.59. The molecule has 1 N–H and O–H groups in total. The van der Waals surface area contributed by atoms with E-state index in [1.165, 1.54) is 0 Å². The minimum absolute atomic E-state index is 0.221. The van der Waals surface area contributed by atoms with E-state index in [1.807, 2.05) is 26.1 Å². The molecule has 2 atom stereocenters. The third kappa shape index (κ3) is 2.38. The summed E-state index contributed by atoms with van der Waals surface area (Å²) in [5.41, 5.74) is 0.848. The number of aryl methyl sites for hydroxylation is 1. The van der Waals surface area contributed by atoms with Crippen molar-refractivity contribution < 1.29 is 8.42 Å². The molecule has 0 radical (unpaired) electrons. The van der Waals surface area contributed by atoms with Gasteiger partial charge >= 0.3 is 0 Å². The van der Waals surface area contributed by atoms with Crippen LogP contribution in [-0.4, -0.2) is 26.8 Å². The van der Waals surface area contributed by atoms with E-state index in [0.29, 0.717) is 10.9 Å². The lowest BCUT2D eigenvalue weighted by atomic mass is 10.2. The summed E-state index contributed by atoms with van der Waals surface area (Å²) in [4.78, 5) is 0.502. The van der Waals surface area contributed by atoms with Crippen molar-refractivity contribution in [3.05, 3.63) is 29.8 Å². The fraction of sp³-hybridized carbons (Fsp3) is 0.538. The molecule has 0 saturated heterocycles. The van der Waals surface area contributed by atoms with Crippen LogP contribution < -0.4 is 5.32 Å². The van der Waals surface area contributed by atoms with Gasteiger partial charge in [-0.15, -0.1) is 0 Å². The molecule has 1 fully saturated rings. The predicted molar refractivity (Wildman–Crippen MR) is 68.9 cm³/mol. The quantitative estimate of drug-likeness (QED) is 0.895. The van der Waals surface area contributed by atoms with E-state index in [4.69, 9.17) is 0 Å². The molecule has 4 heteroatoms. The minimum Gasteiger partial charge on any atom is -0.317 e. The number of benzene rings is 1. The molecule has 1 aromatic rings. The smallest absolute Gasteiger partial charge is 0.181 e. The van der Waals surface area contributed by atoms with Gasteiger partial charge in [-0.25, -0.2) is 8.42 Å². The number of nitrogens with one attached hydrogen (secondary N) is 1. The fourth-order valence-corrected chi connectivity index (χ4v) is 4.62. The normalized spacial score (nSPS) is 25.1. The zero-order chi connectivity index (χ0) is 12.5. The first-order chi connectivity index (χ1) is 8.05. The second-order valence-electron chi connectivity index (χ2n) is 4.73. The second-order valence-corrected chi connectivity index (χ2v) is 6.93. The Balaban J connectivity index is 2.29. The lowest BCUT2D eigenvalue weighted by molar-refractivity contribution is 0.564. The molecule has 0 heterocycles. The summed E-state index contributed by atoms with van der Waals surface area (Å²) in [6.45, 7) is 1.86. The summed E-state index contributed by atoms with van der Waals surface area (Å²) in [6.07, 6.45) is 2.45. The van der Waals surface area contributed by atoms with E-state index in [1.54, 1.807) is 12.1 Å². The van der Waals surface area contributed by atoms with E-state index in [9.17, 15) is 8.42 Å². The van der Waals surface area contributed by atoms with Crippen molar-refractivity contribution in [1.29, 1.82) is 0 Å². The molecule has 3 nitrogen and oxygen atoms in total. The number of rotatable bonds is 3. The van der Waals surface area contributed by atoms with Crippen molar-refractivity contribution in [2.24, 2.45) is 0 Å². The molecule has 0 bridgehead atoms. The molecule has 1 aromatic carbocycles. The van der Waals surface area contributed by atoms with Gasteiger partial charge in [-0.05, 0) is 44.9 Å². The van der Waals surface area contributed by atoms with E-state index < -0.39 is 9.84 Å². The average Bonchev–Trinajstić information content (AvgIpc) is 2.78. The van der Waals surface area contributed by atoms with Crippen LogP contribution in [0.4, 0.5) is 0 Å². The Labute approximate surface area is 103 Å². The van der Waals surface area contributed by atoms with Crippen LogP contribution in [0.1, 0.15) is 24.8 Å². The summed E-state index contributed by atoms with van der Waals surface area (Å²) in [5.74, 6) is 0. The SMILES string of the molecule is CNC1CCC(S(=O)(=O)c2ccccc2C)C1. The van der Waals surface area contributed by atoms with Crippen molar-refractivity contribution in [3.8, 4) is 0 Å². The number of sulfone groups is 1. The number of hydrogen-bond acceptors (Lipinski definition) is 3. The highest BCUT2D eigenvalue weighted by atomic mass is 32.2. The molecule has 2 rings (SSSR count). The van der Waals surface area contributed by atoms with Crippen molar-refractivity contribution in [3.63, 3.8) is 0 Å². The first-order valence-corrected chi connectivity index (χ1v) is 7.57. The van der Waals surface area contributed by atoms with E-state index in [-0.39, 0.29) is 5.25 Å². The topological polar surface area (TPSA) is 46.2 Å². The van der Waals surface area contributed by atoms with Crippen LogP contribution in [-0.2, 0) is 9.84 Å². The zero-order valence-electron chi connectivity index (χ0n) is 10.3. The number of hydrogen-bond donors (Lipinski definition) is 1. The van der Waals surface area contributed by atoms with Gasteiger partial charge < -0.3 is 5.32 Å². The highest BCUT2D eigenvalue weighted by Gasteiger charge is 2.35. The Bertz CT molecular complexity index is 496. The maximum atomic E-state index is 12.5. The lowest BCUT2D eigenvalue weighted by Crippen LogP contribution is -2.25. The molecule has 94 valence electrons. The molecule has 0 amide bonds. The molecular weight excluding hydrogens is 234 g/mol. The van der Waals surface area contributed by atoms with Gasteiger partial charge in [0, 0.05) is 6.04 Å². The van der Waals surface area contributed by atoms with Gasteiger partial charge in [0.25, 0.3) is 0 Å². The summed E-state index contributed by atoms with van der Waals surface area (Å²) in [7, 11) is -1.26. The lowest BCUT2D eigenvalue weighted by Gasteiger charge is -2.14. The Hall–Kier alpha value is -0.870. The van der Waals surface area contributed by atoms with Crippen LogP contribution >= 0.6 is 0 Å². The molecule has 2 unspecified atom stereocenters. The highest BCUT2D eigenvalue weighted by Crippen LogP contribution is 2.31. The molecule has 0 spiro atoms. The molecule has 1 aliphatic carbocycles. The van der Waals surface area contributed by atoms with Crippen LogP contribution in [0.15, 0.2) is 29.2 Å². The molecule has 1 saturated carbocycles. The molecule has 1 aliphatic rings. The molecule has 0 aromatic heterocycles. The summed E-state index contributed by atoms with van der Waals surface area (Å²) < 4.78 is 25.0. The first-order valence-electron chi connectivity index (χ1n) is 6.02. The molecule has 0 aliphatic heterocycles. The Morgan fingerprint density at radius 3 is 2.53 bits per heavy atom. The van der Waals surface area contributed by atoms with E-state index in [2.05, 4.69) is 5.32 Å². The van der Waals surface area contributed by atoms with E-state index in [0.717, 1.165) is 24.8 Å². The molecular formula is C13H19NO2S. The first kappa shape index (κ1) is 12.6. The van der Waals surface area contributed by atoms with Crippen LogP contribution in [0.25, 0.3) is 0 Å². The Morgan fingerprint density at radius 2 is 1.94 bits per heavy atom. The Morgan fingerprint density at radius 1 is 1.24 bits per heavy atom. The third-order valence-corrected chi connectivity index (χ3v) is 6.01. The van der Waals surface area contributed by atoms with Crippen molar-refractivity contribution in [2.45, 2.75) is 42.4 Å². The fourth-order valence-electron chi connectivity index (χ4n) is 2.54. The standard InChI is InChI=1S/C13H19NO2S/c1-10-5-3-4-6-13(10)17(15,16)12-8-7-11(9-12)14-2/h3-6,11-12,14H,7-9H2,1-2H3. The van der Waals surface area contributed by atoms with Crippen LogP contribution in [0.3, 0.4) is 0 Å². The third-order valence-electron chi connectivity index (χ3n) is 3.63. The molecule has 17 heavy (non-hydrogen) atoms. The van der Waals surface area contributed by atoms with Crippen molar-refractivity contribution in [1.82, 2.24) is 5.32 Å². The Kier molecular flexibility index (Phi) is 3.54. The van der Waals surface area contributed by atoms with Gasteiger partial charge in [0.15, 0.2) is 9.84 Å². The predicted octanol–water partition coefficient (Wildman–Crippen LogP) is 1.91. The second kappa shape index (κ2) is 4.78. The van der Waals surface area contributed by atoms with Crippen molar-refractivity contribution >= 4 is 9.84 Å². The van der Waals surface area contributed by atoms with Gasteiger partial charge in [-0.3, -0.25) is 0 Å². The zero-order valence-corrected chi connectivity index (χ0v) is 11.1. The minimum atomic E-state index is -3.15. The van der Waals surface area contributed by atoms with Crippen LogP contribution in [0.2, 0.25) is 0 Å². The van der Waals surface area contributed by atoms with Gasteiger partial charge in [0.05, 0.1) is 10.1 Å². The van der Waals surface area contributed by atoms with Gasteiger partial charge in [0.2, 0.25) is 0 Å². The summed E-state index contributed by atoms with van der Waals surface area (Å²) in [5, 5.41) is 2.95. The maximum absolute atomic E-state index is 12.5. The summed E-state index contributed by atoms with van der Waals surface area (Å²) >= 11 is 0. The maximum Gasteiger partial charge on any atom is 0.181 e. The largest absolute Gasteiger partial charge is 0.317 e. The monoisotopic (exact) mass is 253 g/mol. The van der Waals surface area contributed by atoms with Gasteiger partial charge in [-0.1, -0.05) is 18.2 Å². The van der Waals surface area contributed by atoms with E-state index >= 15 is 0 Å². The van der Waals surface area contributed by atoms with Gasteiger partial charge in [-0.2, -0.15) is 0 Å². The van der Waals surface area contributed by atoms with Gasteiger partial charge in [0.1, 0.15) is 0 Å². The van der Waals surface area contributed by atoms with Crippen LogP contribution in [0, 0.1) is 6.92 Å². The average molecular weight is 253 g/mol. The highest BCUT2D eigenvalue weighted by molar-refractivity contribution is 7.92. The van der Waals surface area contributed by atoms with Crippen molar-refractivity contribution in [2.75, 3.05) is 7.05 Å².